The van der Waals surface area contributed by atoms with Crippen molar-refractivity contribution < 1.29 is 9.53 Å². The molecule has 1 aromatic carbocycles. The Morgan fingerprint density at radius 2 is 1.89 bits per heavy atom. The van der Waals surface area contributed by atoms with Crippen molar-refractivity contribution in [2.45, 2.75) is 39.5 Å². The molecule has 0 heterocycles. The van der Waals surface area contributed by atoms with E-state index in [1.54, 1.807) is 12.1 Å². The van der Waals surface area contributed by atoms with Crippen LogP contribution in [0.15, 0.2) is 12.1 Å². The predicted molar refractivity (Wildman–Crippen MR) is 76.1 cm³/mol. The molecule has 0 fully saturated rings. The van der Waals surface area contributed by atoms with E-state index < -0.39 is 0 Å². The number of unbranched alkanes of at least 4 members (excludes halogenated alkanes) is 2. The number of halogens is 2. The van der Waals surface area contributed by atoms with Gasteiger partial charge < -0.3 is 4.74 Å². The molecule has 0 radical (unpaired) electrons. The third kappa shape index (κ3) is 4.18. The SMILES string of the molecule is CCCCCC(=O)c1cc(Cl)c(OCC)cc1Cl. The Morgan fingerprint density at radius 3 is 2.50 bits per heavy atom. The molecule has 4 heteroatoms. The van der Waals surface area contributed by atoms with Crippen molar-refractivity contribution in [3.63, 3.8) is 0 Å². The second-order valence-electron chi connectivity index (χ2n) is 4.08. The summed E-state index contributed by atoms with van der Waals surface area (Å²) in [5.74, 6) is 0.563. The van der Waals surface area contributed by atoms with Crippen molar-refractivity contribution in [3.05, 3.63) is 27.7 Å². The molecular formula is C14H18Cl2O2. The van der Waals surface area contributed by atoms with Gasteiger partial charge in [0.15, 0.2) is 5.78 Å². The van der Waals surface area contributed by atoms with Crippen LogP contribution in [0.1, 0.15) is 49.9 Å². The summed E-state index contributed by atoms with van der Waals surface area (Å²) in [7, 11) is 0. The molecule has 0 aliphatic carbocycles. The summed E-state index contributed by atoms with van der Waals surface area (Å²) in [6.07, 6.45) is 3.54. The van der Waals surface area contributed by atoms with E-state index in [-0.39, 0.29) is 5.78 Å². The maximum Gasteiger partial charge on any atom is 0.164 e. The molecule has 1 aromatic rings. The van der Waals surface area contributed by atoms with Gasteiger partial charge >= 0.3 is 0 Å². The summed E-state index contributed by atoms with van der Waals surface area (Å²) >= 11 is 12.1. The summed E-state index contributed by atoms with van der Waals surface area (Å²) in [5.41, 5.74) is 0.487. The molecule has 1 rings (SSSR count). The highest BCUT2D eigenvalue weighted by Crippen LogP contribution is 2.32. The third-order valence-electron chi connectivity index (χ3n) is 2.63. The number of ether oxygens (including phenoxy) is 1. The zero-order valence-electron chi connectivity index (χ0n) is 10.8. The average molecular weight is 289 g/mol. The first-order valence-corrected chi connectivity index (χ1v) is 7.00. The molecule has 0 saturated carbocycles. The average Bonchev–Trinajstić information content (AvgIpc) is 2.34. The second-order valence-corrected chi connectivity index (χ2v) is 4.89. The number of Topliss-reactive ketones (excluding diaryl/α,β-unsaturated/α-hetero) is 1. The van der Waals surface area contributed by atoms with Gasteiger partial charge in [0.1, 0.15) is 5.75 Å². The zero-order valence-corrected chi connectivity index (χ0v) is 12.3. The molecule has 0 amide bonds. The van der Waals surface area contributed by atoms with Gasteiger partial charge in [-0.3, -0.25) is 4.79 Å². The normalized spacial score (nSPS) is 10.4. The molecule has 0 spiro atoms. The number of benzene rings is 1. The lowest BCUT2D eigenvalue weighted by molar-refractivity contribution is 0.0979. The summed E-state index contributed by atoms with van der Waals surface area (Å²) in [4.78, 5) is 12.0. The van der Waals surface area contributed by atoms with Gasteiger partial charge in [-0.25, -0.2) is 0 Å². The zero-order chi connectivity index (χ0) is 13.5. The van der Waals surface area contributed by atoms with Crippen LogP contribution in [0.3, 0.4) is 0 Å². The number of ketones is 1. The fraction of sp³-hybridized carbons (Fsp3) is 0.500. The Kier molecular flexibility index (Phi) is 6.51. The van der Waals surface area contributed by atoms with Crippen LogP contribution in [0, 0.1) is 0 Å². The Morgan fingerprint density at radius 1 is 1.17 bits per heavy atom. The van der Waals surface area contributed by atoms with Gasteiger partial charge in [-0.05, 0) is 19.4 Å². The monoisotopic (exact) mass is 288 g/mol. The van der Waals surface area contributed by atoms with Crippen LogP contribution >= 0.6 is 23.2 Å². The van der Waals surface area contributed by atoms with E-state index in [0.717, 1.165) is 19.3 Å². The number of hydrogen-bond donors (Lipinski definition) is 0. The second kappa shape index (κ2) is 7.65. The molecular weight excluding hydrogens is 271 g/mol. The number of carbonyl (C=O) groups is 1. The van der Waals surface area contributed by atoms with Gasteiger partial charge in [0, 0.05) is 18.1 Å². The number of hydrogen-bond acceptors (Lipinski definition) is 2. The summed E-state index contributed by atoms with van der Waals surface area (Å²) < 4.78 is 5.32. The van der Waals surface area contributed by atoms with Gasteiger partial charge in [-0.15, -0.1) is 0 Å². The van der Waals surface area contributed by atoms with Gasteiger partial charge in [0.2, 0.25) is 0 Å². The van der Waals surface area contributed by atoms with Crippen LogP contribution in [0.25, 0.3) is 0 Å². The fourth-order valence-electron chi connectivity index (χ4n) is 1.68. The fourth-order valence-corrected chi connectivity index (χ4v) is 2.16. The van der Waals surface area contributed by atoms with E-state index in [9.17, 15) is 4.79 Å². The molecule has 0 aromatic heterocycles. The first-order valence-electron chi connectivity index (χ1n) is 6.25. The van der Waals surface area contributed by atoms with Gasteiger partial charge in [0.05, 0.1) is 16.7 Å². The minimum atomic E-state index is 0.0402. The molecule has 2 nitrogen and oxygen atoms in total. The Labute approximate surface area is 118 Å². The van der Waals surface area contributed by atoms with Crippen molar-refractivity contribution in [2.24, 2.45) is 0 Å². The molecule has 0 unspecified atom stereocenters. The smallest absolute Gasteiger partial charge is 0.164 e. The first-order chi connectivity index (χ1) is 8.60. The largest absolute Gasteiger partial charge is 0.492 e. The predicted octanol–water partition coefficient (Wildman–Crippen LogP) is 5.16. The molecule has 0 saturated heterocycles. The Bertz CT molecular complexity index is 417. The van der Waals surface area contributed by atoms with Crippen LogP contribution < -0.4 is 4.74 Å². The molecule has 0 atom stereocenters. The van der Waals surface area contributed by atoms with Crippen molar-refractivity contribution in [2.75, 3.05) is 6.61 Å². The maximum absolute atomic E-state index is 12.0. The molecule has 100 valence electrons. The molecule has 18 heavy (non-hydrogen) atoms. The van der Waals surface area contributed by atoms with E-state index in [0.29, 0.717) is 34.4 Å². The quantitative estimate of drug-likeness (QED) is 0.512. The van der Waals surface area contributed by atoms with Crippen LogP contribution in [0.5, 0.6) is 5.75 Å². The van der Waals surface area contributed by atoms with E-state index in [4.69, 9.17) is 27.9 Å². The van der Waals surface area contributed by atoms with Crippen molar-refractivity contribution >= 4 is 29.0 Å². The highest BCUT2D eigenvalue weighted by molar-refractivity contribution is 6.36. The first kappa shape index (κ1) is 15.3. The molecule has 0 N–H and O–H groups in total. The minimum absolute atomic E-state index is 0.0402. The highest BCUT2D eigenvalue weighted by atomic mass is 35.5. The number of rotatable bonds is 7. The lowest BCUT2D eigenvalue weighted by Gasteiger charge is -2.09. The van der Waals surface area contributed by atoms with Crippen LogP contribution in [0.4, 0.5) is 0 Å². The molecule has 0 aliphatic heterocycles. The van der Waals surface area contributed by atoms with E-state index in [1.165, 1.54) is 0 Å². The third-order valence-corrected chi connectivity index (χ3v) is 3.24. The van der Waals surface area contributed by atoms with Crippen molar-refractivity contribution in [3.8, 4) is 5.75 Å². The highest BCUT2D eigenvalue weighted by Gasteiger charge is 2.14. The van der Waals surface area contributed by atoms with Crippen molar-refractivity contribution in [1.29, 1.82) is 0 Å². The Hall–Kier alpha value is -0.730. The van der Waals surface area contributed by atoms with E-state index in [1.807, 2.05) is 6.92 Å². The lowest BCUT2D eigenvalue weighted by atomic mass is 10.0. The standard InChI is InChI=1S/C14H18Cl2O2/c1-3-5-6-7-13(17)10-8-12(16)14(18-4-2)9-11(10)15/h8-9H,3-7H2,1-2H3. The van der Waals surface area contributed by atoms with Gasteiger partial charge in [0.25, 0.3) is 0 Å². The summed E-state index contributed by atoms with van der Waals surface area (Å²) in [6, 6.07) is 3.21. The van der Waals surface area contributed by atoms with Crippen molar-refractivity contribution in [1.82, 2.24) is 0 Å². The minimum Gasteiger partial charge on any atom is -0.492 e. The van der Waals surface area contributed by atoms with Gasteiger partial charge in [-0.2, -0.15) is 0 Å². The summed E-state index contributed by atoms with van der Waals surface area (Å²) in [5, 5.41) is 0.837. The molecule has 0 aliphatic rings. The maximum atomic E-state index is 12.0. The molecule has 0 bridgehead atoms. The lowest BCUT2D eigenvalue weighted by Crippen LogP contribution is -2.01. The van der Waals surface area contributed by atoms with E-state index >= 15 is 0 Å². The van der Waals surface area contributed by atoms with Crippen LogP contribution in [-0.4, -0.2) is 12.4 Å². The van der Waals surface area contributed by atoms with Crippen LogP contribution in [-0.2, 0) is 0 Å². The summed E-state index contributed by atoms with van der Waals surface area (Å²) in [6.45, 7) is 4.49. The van der Waals surface area contributed by atoms with Crippen LogP contribution in [0.2, 0.25) is 10.0 Å². The van der Waals surface area contributed by atoms with E-state index in [2.05, 4.69) is 6.92 Å². The number of carbonyl (C=O) groups excluding carboxylic acids is 1. The Balaban J connectivity index is 2.83. The topological polar surface area (TPSA) is 26.3 Å². The van der Waals surface area contributed by atoms with Gasteiger partial charge in [-0.1, -0.05) is 43.0 Å².